The zero-order valence-electron chi connectivity index (χ0n) is 14.4. The molecule has 1 aromatic heterocycles. The highest BCUT2D eigenvalue weighted by Crippen LogP contribution is 2.24. The molecule has 23 heavy (non-hydrogen) atoms. The molecule has 1 N–H and O–H groups in total. The van der Waals surface area contributed by atoms with E-state index in [9.17, 15) is 5.11 Å². The molecular weight excluding hydrogens is 308 g/mol. The number of nitrogens with zero attached hydrogens (tertiary/aromatic N) is 4. The summed E-state index contributed by atoms with van der Waals surface area (Å²) in [4.78, 5) is 13.4. The van der Waals surface area contributed by atoms with Crippen molar-refractivity contribution in [3.05, 3.63) is 16.1 Å². The molecule has 0 amide bonds. The Bertz CT molecular complexity index is 487. The predicted octanol–water partition coefficient (Wildman–Crippen LogP) is 1.41. The normalized spacial score (nSPS) is 26.0. The maximum atomic E-state index is 9.49. The van der Waals surface area contributed by atoms with Crippen LogP contribution >= 0.6 is 11.3 Å². The highest BCUT2D eigenvalue weighted by atomic mass is 32.1. The molecule has 3 rings (SSSR count). The topological polar surface area (TPSA) is 42.8 Å². The second kappa shape index (κ2) is 8.03. The van der Waals surface area contributed by atoms with Gasteiger partial charge in [-0.3, -0.25) is 9.80 Å². The summed E-state index contributed by atoms with van der Waals surface area (Å²) in [6, 6.07) is 1.20. The predicted molar refractivity (Wildman–Crippen MR) is 94.8 cm³/mol. The molecule has 5 nitrogen and oxygen atoms in total. The van der Waals surface area contributed by atoms with Crippen LogP contribution in [0.5, 0.6) is 0 Å². The van der Waals surface area contributed by atoms with Crippen LogP contribution in [0, 0.1) is 6.92 Å². The molecule has 3 heterocycles. The van der Waals surface area contributed by atoms with Gasteiger partial charge in [-0.1, -0.05) is 0 Å². The number of piperidine rings is 1. The molecule has 1 atom stereocenters. The fraction of sp³-hybridized carbons (Fsp3) is 0.824. The molecule has 2 saturated heterocycles. The average molecular weight is 339 g/mol. The molecule has 2 aliphatic heterocycles. The molecule has 0 unspecified atom stereocenters. The zero-order chi connectivity index (χ0) is 16.2. The summed E-state index contributed by atoms with van der Waals surface area (Å²) in [5.74, 6) is 0. The van der Waals surface area contributed by atoms with Crippen LogP contribution in [-0.2, 0) is 6.54 Å². The van der Waals surface area contributed by atoms with Gasteiger partial charge in [0.25, 0.3) is 0 Å². The second-order valence-electron chi connectivity index (χ2n) is 7.02. The van der Waals surface area contributed by atoms with Crippen LogP contribution in [0.25, 0.3) is 0 Å². The van der Waals surface area contributed by atoms with E-state index in [-0.39, 0.29) is 0 Å². The number of aliphatic hydroxyl groups excluding tert-OH is 1. The number of piperazine rings is 1. The maximum Gasteiger partial charge on any atom is 0.0897 e. The number of thiazole rings is 1. The largest absolute Gasteiger partial charge is 0.396 e. The summed E-state index contributed by atoms with van der Waals surface area (Å²) in [7, 11) is 2.22. The van der Waals surface area contributed by atoms with E-state index in [1.807, 2.05) is 6.20 Å². The lowest BCUT2D eigenvalue weighted by molar-refractivity contribution is 0.00627. The first kappa shape index (κ1) is 17.3. The van der Waals surface area contributed by atoms with Crippen molar-refractivity contribution in [3.8, 4) is 0 Å². The molecule has 0 bridgehead atoms. The SMILES string of the molecule is Cc1ncc(CN2CCN(C3CCN(C)CC3)[C@@H](CCO)C2)s1. The third-order valence-corrected chi connectivity index (χ3v) is 6.18. The Hall–Kier alpha value is -0.530. The van der Waals surface area contributed by atoms with Crippen molar-refractivity contribution < 1.29 is 5.11 Å². The van der Waals surface area contributed by atoms with Crippen molar-refractivity contribution in [2.24, 2.45) is 0 Å². The molecular formula is C17H30N4OS. The summed E-state index contributed by atoms with van der Waals surface area (Å²) in [5, 5.41) is 10.6. The van der Waals surface area contributed by atoms with Gasteiger partial charge in [0.15, 0.2) is 0 Å². The van der Waals surface area contributed by atoms with Crippen LogP contribution in [0.2, 0.25) is 0 Å². The van der Waals surface area contributed by atoms with E-state index in [1.54, 1.807) is 11.3 Å². The lowest BCUT2D eigenvalue weighted by Crippen LogP contribution is -2.58. The molecule has 0 aromatic carbocycles. The van der Waals surface area contributed by atoms with Gasteiger partial charge in [0.1, 0.15) is 0 Å². The smallest absolute Gasteiger partial charge is 0.0897 e. The first-order chi connectivity index (χ1) is 11.2. The van der Waals surface area contributed by atoms with Crippen LogP contribution < -0.4 is 0 Å². The summed E-state index contributed by atoms with van der Waals surface area (Å²) in [5.41, 5.74) is 0. The second-order valence-corrected chi connectivity index (χ2v) is 8.34. The molecule has 1 aromatic rings. The molecule has 2 aliphatic rings. The van der Waals surface area contributed by atoms with Crippen molar-refractivity contribution in [2.75, 3.05) is 46.4 Å². The van der Waals surface area contributed by atoms with Gasteiger partial charge in [-0.25, -0.2) is 4.98 Å². The van der Waals surface area contributed by atoms with Crippen LogP contribution in [0.4, 0.5) is 0 Å². The monoisotopic (exact) mass is 338 g/mol. The van der Waals surface area contributed by atoms with E-state index in [0.29, 0.717) is 18.7 Å². The lowest BCUT2D eigenvalue weighted by Gasteiger charge is -2.47. The average Bonchev–Trinajstić information content (AvgIpc) is 2.94. The Balaban J connectivity index is 1.58. The van der Waals surface area contributed by atoms with Crippen molar-refractivity contribution in [2.45, 2.75) is 44.8 Å². The quantitative estimate of drug-likeness (QED) is 0.879. The van der Waals surface area contributed by atoms with E-state index < -0.39 is 0 Å². The molecule has 6 heteroatoms. The number of hydrogen-bond donors (Lipinski definition) is 1. The minimum Gasteiger partial charge on any atom is -0.396 e. The lowest BCUT2D eigenvalue weighted by atomic mass is 9.98. The molecule has 0 aliphatic carbocycles. The highest BCUT2D eigenvalue weighted by molar-refractivity contribution is 7.11. The standard InChI is InChI=1S/C17H30N4OS/c1-14-18-11-17(23-14)13-20-8-9-21(16(12-20)5-10-22)15-3-6-19(2)7-4-15/h11,15-16,22H,3-10,12-13H2,1-2H3/t16-/m0/s1. The summed E-state index contributed by atoms with van der Waals surface area (Å²) < 4.78 is 0. The maximum absolute atomic E-state index is 9.49. The number of hydrogen-bond acceptors (Lipinski definition) is 6. The Morgan fingerprint density at radius 1 is 1.26 bits per heavy atom. The van der Waals surface area contributed by atoms with Gasteiger partial charge in [0, 0.05) is 55.9 Å². The Kier molecular flexibility index (Phi) is 6.04. The molecule has 0 spiro atoms. The number of likely N-dealkylation sites (tertiary alicyclic amines) is 1. The minimum atomic E-state index is 0.293. The summed E-state index contributed by atoms with van der Waals surface area (Å²) in [6.45, 7) is 9.12. The first-order valence-corrected chi connectivity index (χ1v) is 9.66. The molecule has 0 radical (unpaired) electrons. The van der Waals surface area contributed by atoms with Crippen LogP contribution in [0.1, 0.15) is 29.1 Å². The molecule has 2 fully saturated rings. The van der Waals surface area contributed by atoms with Gasteiger partial charge in [-0.05, 0) is 46.3 Å². The minimum absolute atomic E-state index is 0.293. The third kappa shape index (κ3) is 4.51. The van der Waals surface area contributed by atoms with Gasteiger partial charge in [0.05, 0.1) is 5.01 Å². The number of aromatic nitrogens is 1. The van der Waals surface area contributed by atoms with Crippen LogP contribution in [0.15, 0.2) is 6.20 Å². The zero-order valence-corrected chi connectivity index (χ0v) is 15.3. The van der Waals surface area contributed by atoms with E-state index in [1.165, 1.54) is 30.8 Å². The summed E-state index contributed by atoms with van der Waals surface area (Å²) >= 11 is 1.80. The number of rotatable bonds is 5. The van der Waals surface area contributed by atoms with Gasteiger partial charge < -0.3 is 10.0 Å². The van der Waals surface area contributed by atoms with E-state index in [0.717, 1.165) is 37.6 Å². The van der Waals surface area contributed by atoms with Crippen molar-refractivity contribution >= 4 is 11.3 Å². The Labute approximate surface area is 143 Å². The fourth-order valence-electron chi connectivity index (χ4n) is 3.99. The van der Waals surface area contributed by atoms with Gasteiger partial charge in [-0.2, -0.15) is 0 Å². The van der Waals surface area contributed by atoms with Crippen LogP contribution in [-0.4, -0.2) is 83.3 Å². The van der Waals surface area contributed by atoms with Gasteiger partial charge in [0.2, 0.25) is 0 Å². The Morgan fingerprint density at radius 2 is 2.04 bits per heavy atom. The van der Waals surface area contributed by atoms with Crippen molar-refractivity contribution in [3.63, 3.8) is 0 Å². The molecule has 130 valence electrons. The van der Waals surface area contributed by atoms with Gasteiger partial charge in [-0.15, -0.1) is 11.3 Å². The summed E-state index contributed by atoms with van der Waals surface area (Å²) in [6.07, 6.45) is 5.45. The molecule has 0 saturated carbocycles. The number of aryl methyl sites for hydroxylation is 1. The van der Waals surface area contributed by atoms with Crippen molar-refractivity contribution in [1.82, 2.24) is 19.7 Å². The van der Waals surface area contributed by atoms with Gasteiger partial charge >= 0.3 is 0 Å². The third-order valence-electron chi connectivity index (χ3n) is 5.28. The highest BCUT2D eigenvalue weighted by Gasteiger charge is 2.33. The Morgan fingerprint density at radius 3 is 2.70 bits per heavy atom. The first-order valence-electron chi connectivity index (χ1n) is 8.84. The van der Waals surface area contributed by atoms with E-state index >= 15 is 0 Å². The van der Waals surface area contributed by atoms with E-state index in [4.69, 9.17) is 0 Å². The van der Waals surface area contributed by atoms with E-state index in [2.05, 4.69) is 33.7 Å². The fourth-order valence-corrected chi connectivity index (χ4v) is 4.83. The number of aliphatic hydroxyl groups is 1. The van der Waals surface area contributed by atoms with Crippen LogP contribution in [0.3, 0.4) is 0 Å². The van der Waals surface area contributed by atoms with Crippen molar-refractivity contribution in [1.29, 1.82) is 0 Å².